The average molecular weight is 263 g/mol. The number of fused-ring (bicyclic) bond motifs is 1. The molecule has 0 aliphatic heterocycles. The molecule has 0 saturated carbocycles. The lowest BCUT2D eigenvalue weighted by Gasteiger charge is -2.04. The van der Waals surface area contributed by atoms with Crippen LogP contribution in [0.4, 0.5) is 0 Å². The van der Waals surface area contributed by atoms with Crippen LogP contribution >= 0.6 is 0 Å². The van der Waals surface area contributed by atoms with Crippen LogP contribution in [0, 0.1) is 0 Å². The van der Waals surface area contributed by atoms with Gasteiger partial charge in [-0.2, -0.15) is 0 Å². The van der Waals surface area contributed by atoms with Crippen LogP contribution in [-0.2, 0) is 11.2 Å². The molecule has 20 heavy (non-hydrogen) atoms. The zero-order valence-corrected chi connectivity index (χ0v) is 11.5. The number of aromatic nitrogens is 1. The van der Waals surface area contributed by atoms with Crippen molar-refractivity contribution in [1.82, 2.24) is 4.98 Å². The van der Waals surface area contributed by atoms with Crippen LogP contribution < -0.4 is 0 Å². The normalized spacial score (nSPS) is 10.8. The molecular formula is C18H17NO. The third-order valence-corrected chi connectivity index (χ3v) is 3.57. The third kappa shape index (κ3) is 2.37. The summed E-state index contributed by atoms with van der Waals surface area (Å²) in [5.41, 5.74) is 4.70. The maximum Gasteiger partial charge on any atom is 0.130 e. The molecule has 0 amide bonds. The van der Waals surface area contributed by atoms with E-state index in [4.69, 9.17) is 0 Å². The number of carbonyl (C=O) groups excluding carboxylic acids is 1. The Kier molecular flexibility index (Phi) is 3.38. The first-order valence-corrected chi connectivity index (χ1v) is 6.90. The predicted molar refractivity (Wildman–Crippen MR) is 82.7 cm³/mol. The van der Waals surface area contributed by atoms with Crippen LogP contribution in [0.2, 0.25) is 0 Å². The maximum atomic E-state index is 11.3. The Morgan fingerprint density at radius 3 is 2.45 bits per heavy atom. The lowest BCUT2D eigenvalue weighted by Crippen LogP contribution is -1.95. The van der Waals surface area contributed by atoms with Gasteiger partial charge >= 0.3 is 0 Å². The summed E-state index contributed by atoms with van der Waals surface area (Å²) in [6.07, 6.45) is 1.33. The zero-order valence-electron chi connectivity index (χ0n) is 11.5. The topological polar surface area (TPSA) is 32.9 Å². The van der Waals surface area contributed by atoms with E-state index in [9.17, 15) is 4.79 Å². The number of hydrogen-bond donors (Lipinski definition) is 1. The van der Waals surface area contributed by atoms with E-state index in [0.29, 0.717) is 6.42 Å². The van der Waals surface area contributed by atoms with Gasteiger partial charge in [0.2, 0.25) is 0 Å². The van der Waals surface area contributed by atoms with Gasteiger partial charge in [0, 0.05) is 28.6 Å². The lowest BCUT2D eigenvalue weighted by molar-refractivity contribution is -0.116. The molecule has 100 valence electrons. The molecule has 0 aliphatic rings. The molecule has 0 aliphatic carbocycles. The minimum absolute atomic E-state index is 0.225. The van der Waals surface area contributed by atoms with E-state index in [0.717, 1.165) is 17.6 Å². The van der Waals surface area contributed by atoms with Gasteiger partial charge in [0.25, 0.3) is 0 Å². The fraction of sp³-hybridized carbons (Fsp3) is 0.167. The van der Waals surface area contributed by atoms with E-state index in [1.165, 1.54) is 16.5 Å². The highest BCUT2D eigenvalue weighted by atomic mass is 16.1. The van der Waals surface area contributed by atoms with E-state index in [2.05, 4.69) is 35.3 Å². The number of aromatic amines is 1. The van der Waals surface area contributed by atoms with Crippen molar-refractivity contribution in [2.45, 2.75) is 19.8 Å². The van der Waals surface area contributed by atoms with Crippen molar-refractivity contribution < 1.29 is 4.79 Å². The molecule has 2 heteroatoms. The second kappa shape index (κ2) is 5.33. The van der Waals surface area contributed by atoms with Gasteiger partial charge in [-0.15, -0.1) is 0 Å². The smallest absolute Gasteiger partial charge is 0.130 e. The highest BCUT2D eigenvalue weighted by Crippen LogP contribution is 2.32. The monoisotopic (exact) mass is 263 g/mol. The van der Waals surface area contributed by atoms with Gasteiger partial charge in [0.1, 0.15) is 5.78 Å². The van der Waals surface area contributed by atoms with Crippen LogP contribution in [0.3, 0.4) is 0 Å². The SMILES string of the molecule is CC(=O)CCc1[nH]c2ccccc2c1-c1ccccc1. The largest absolute Gasteiger partial charge is 0.358 e. The Hall–Kier alpha value is -2.35. The van der Waals surface area contributed by atoms with Crippen molar-refractivity contribution in [2.75, 3.05) is 0 Å². The molecule has 1 aromatic heterocycles. The third-order valence-electron chi connectivity index (χ3n) is 3.57. The molecule has 0 radical (unpaired) electrons. The van der Waals surface area contributed by atoms with Gasteiger partial charge in [-0.1, -0.05) is 48.5 Å². The maximum absolute atomic E-state index is 11.3. The van der Waals surface area contributed by atoms with Crippen molar-refractivity contribution in [2.24, 2.45) is 0 Å². The average Bonchev–Trinajstić information content (AvgIpc) is 2.84. The molecule has 0 saturated heterocycles. The zero-order chi connectivity index (χ0) is 13.9. The second-order valence-corrected chi connectivity index (χ2v) is 5.09. The summed E-state index contributed by atoms with van der Waals surface area (Å²) in [4.78, 5) is 14.7. The molecule has 0 bridgehead atoms. The Labute approximate surface area is 118 Å². The number of nitrogens with one attached hydrogen (secondary N) is 1. The highest BCUT2D eigenvalue weighted by molar-refractivity contribution is 5.97. The van der Waals surface area contributed by atoms with Crippen molar-refractivity contribution in [3.05, 3.63) is 60.3 Å². The van der Waals surface area contributed by atoms with Crippen LogP contribution in [0.15, 0.2) is 54.6 Å². The molecule has 0 unspecified atom stereocenters. The number of hydrogen-bond acceptors (Lipinski definition) is 1. The van der Waals surface area contributed by atoms with Crippen LogP contribution in [0.1, 0.15) is 19.0 Å². The number of aryl methyl sites for hydroxylation is 1. The quantitative estimate of drug-likeness (QED) is 0.745. The summed E-state index contributed by atoms with van der Waals surface area (Å²) in [6.45, 7) is 1.64. The Balaban J connectivity index is 2.16. The summed E-state index contributed by atoms with van der Waals surface area (Å²) in [6, 6.07) is 18.6. The molecule has 2 nitrogen and oxygen atoms in total. The van der Waals surface area contributed by atoms with Gasteiger partial charge in [-0.25, -0.2) is 0 Å². The lowest BCUT2D eigenvalue weighted by atomic mass is 9.99. The standard InChI is InChI=1S/C18H17NO/c1-13(20)11-12-17-18(14-7-3-2-4-8-14)15-9-5-6-10-16(15)19-17/h2-10,19H,11-12H2,1H3. The number of benzene rings is 2. The number of ketones is 1. The van der Waals surface area contributed by atoms with Crippen molar-refractivity contribution >= 4 is 16.7 Å². The Bertz CT molecular complexity index is 740. The number of H-pyrrole nitrogens is 1. The van der Waals surface area contributed by atoms with Crippen molar-refractivity contribution in [1.29, 1.82) is 0 Å². The molecule has 0 spiro atoms. The van der Waals surface area contributed by atoms with Crippen LogP contribution in [0.5, 0.6) is 0 Å². The van der Waals surface area contributed by atoms with E-state index in [1.54, 1.807) is 6.92 Å². The number of Topliss-reactive ketones (excluding diaryl/α,β-unsaturated/α-hetero) is 1. The second-order valence-electron chi connectivity index (χ2n) is 5.09. The van der Waals surface area contributed by atoms with Crippen LogP contribution in [-0.4, -0.2) is 10.8 Å². The van der Waals surface area contributed by atoms with Gasteiger partial charge in [0.15, 0.2) is 0 Å². The molecular weight excluding hydrogens is 246 g/mol. The summed E-state index contributed by atoms with van der Waals surface area (Å²) in [5, 5.41) is 1.22. The molecule has 3 aromatic rings. The fourth-order valence-corrected chi connectivity index (χ4v) is 2.62. The Morgan fingerprint density at radius 2 is 1.70 bits per heavy atom. The van der Waals surface area contributed by atoms with Crippen LogP contribution in [0.25, 0.3) is 22.0 Å². The fourth-order valence-electron chi connectivity index (χ4n) is 2.62. The molecule has 0 atom stereocenters. The van der Waals surface area contributed by atoms with Crippen molar-refractivity contribution in [3.8, 4) is 11.1 Å². The summed E-state index contributed by atoms with van der Waals surface area (Å²) >= 11 is 0. The first kappa shape index (κ1) is 12.7. The van der Waals surface area contributed by atoms with E-state index in [1.807, 2.05) is 24.3 Å². The molecule has 1 heterocycles. The first-order chi connectivity index (χ1) is 9.75. The number of para-hydroxylation sites is 1. The van der Waals surface area contributed by atoms with E-state index < -0.39 is 0 Å². The molecule has 2 aromatic carbocycles. The van der Waals surface area contributed by atoms with E-state index in [-0.39, 0.29) is 5.78 Å². The van der Waals surface area contributed by atoms with Gasteiger partial charge in [-0.3, -0.25) is 0 Å². The molecule has 1 N–H and O–H groups in total. The Morgan fingerprint density at radius 1 is 1.00 bits per heavy atom. The van der Waals surface area contributed by atoms with Crippen molar-refractivity contribution in [3.63, 3.8) is 0 Å². The number of rotatable bonds is 4. The minimum atomic E-state index is 0.225. The summed E-state index contributed by atoms with van der Waals surface area (Å²) < 4.78 is 0. The molecule has 0 fully saturated rings. The summed E-state index contributed by atoms with van der Waals surface area (Å²) in [7, 11) is 0. The predicted octanol–water partition coefficient (Wildman–Crippen LogP) is 4.36. The highest BCUT2D eigenvalue weighted by Gasteiger charge is 2.13. The van der Waals surface area contributed by atoms with E-state index >= 15 is 0 Å². The van der Waals surface area contributed by atoms with Gasteiger partial charge < -0.3 is 9.78 Å². The number of carbonyl (C=O) groups is 1. The minimum Gasteiger partial charge on any atom is -0.358 e. The first-order valence-electron chi connectivity index (χ1n) is 6.90. The van der Waals surface area contributed by atoms with Gasteiger partial charge in [0.05, 0.1) is 0 Å². The summed E-state index contributed by atoms with van der Waals surface area (Å²) in [5.74, 6) is 0.225. The van der Waals surface area contributed by atoms with Gasteiger partial charge in [-0.05, 0) is 25.0 Å². The molecule has 3 rings (SSSR count).